The molecule has 0 aliphatic rings. The number of fused-ring (bicyclic) bond motifs is 1. The molecule has 3 rings (SSSR count). The molecule has 9 nitrogen and oxygen atoms in total. The van der Waals surface area contributed by atoms with Crippen LogP contribution in [0.1, 0.15) is 0 Å². The minimum absolute atomic E-state index is 0.0675. The highest BCUT2D eigenvalue weighted by atomic mass is 16.5. The van der Waals surface area contributed by atoms with Gasteiger partial charge in [-0.15, -0.1) is 0 Å². The first-order valence-electron chi connectivity index (χ1n) is 6.66. The van der Waals surface area contributed by atoms with Gasteiger partial charge in [0, 0.05) is 5.56 Å². The van der Waals surface area contributed by atoms with E-state index in [4.69, 9.17) is 25.7 Å². The molecule has 0 amide bonds. The Balaban J connectivity index is 2.20. The number of imidazole rings is 1. The molecule has 3 aromatic rings. The maximum absolute atomic E-state index is 5.83. The van der Waals surface area contributed by atoms with E-state index in [1.807, 2.05) is 0 Å². The summed E-state index contributed by atoms with van der Waals surface area (Å²) in [5, 5.41) is 0. The summed E-state index contributed by atoms with van der Waals surface area (Å²) in [4.78, 5) is 15.4. The van der Waals surface area contributed by atoms with Crippen molar-refractivity contribution in [3.05, 3.63) is 12.1 Å². The third-order valence-corrected chi connectivity index (χ3v) is 3.33. The van der Waals surface area contributed by atoms with Crippen molar-refractivity contribution in [3.8, 4) is 28.6 Å². The van der Waals surface area contributed by atoms with E-state index in [2.05, 4.69) is 19.9 Å². The van der Waals surface area contributed by atoms with Gasteiger partial charge >= 0.3 is 0 Å². The quantitative estimate of drug-likeness (QED) is 0.653. The van der Waals surface area contributed by atoms with Gasteiger partial charge in [-0.1, -0.05) is 0 Å². The van der Waals surface area contributed by atoms with Crippen LogP contribution in [0.3, 0.4) is 0 Å². The average Bonchev–Trinajstić information content (AvgIpc) is 2.97. The Bertz CT molecular complexity index is 851. The molecular formula is C14H16N6O3. The van der Waals surface area contributed by atoms with Crippen molar-refractivity contribution in [3.63, 3.8) is 0 Å². The van der Waals surface area contributed by atoms with Crippen LogP contribution in [0, 0.1) is 0 Å². The fraction of sp³-hybridized carbons (Fsp3) is 0.214. The van der Waals surface area contributed by atoms with Gasteiger partial charge in [0.05, 0.1) is 21.3 Å². The molecule has 9 heteroatoms. The number of aromatic amines is 1. The van der Waals surface area contributed by atoms with Gasteiger partial charge in [-0.05, 0) is 12.1 Å². The van der Waals surface area contributed by atoms with Crippen molar-refractivity contribution in [2.75, 3.05) is 32.8 Å². The largest absolute Gasteiger partial charge is 0.493 e. The van der Waals surface area contributed by atoms with Crippen molar-refractivity contribution < 1.29 is 14.2 Å². The SMILES string of the molecule is COc1cc(-c2nc3nc(N)nc(N)c3[nH]2)cc(OC)c1OC. The van der Waals surface area contributed by atoms with Crippen LogP contribution in [-0.4, -0.2) is 41.3 Å². The number of benzene rings is 1. The van der Waals surface area contributed by atoms with Gasteiger partial charge < -0.3 is 30.7 Å². The van der Waals surface area contributed by atoms with E-state index in [0.29, 0.717) is 34.2 Å². The Hall–Kier alpha value is -3.23. The summed E-state index contributed by atoms with van der Waals surface area (Å²) in [6.07, 6.45) is 0. The lowest BCUT2D eigenvalue weighted by atomic mass is 10.1. The van der Waals surface area contributed by atoms with Crippen molar-refractivity contribution in [1.29, 1.82) is 0 Å². The predicted molar refractivity (Wildman–Crippen MR) is 85.6 cm³/mol. The van der Waals surface area contributed by atoms with Gasteiger partial charge in [0.1, 0.15) is 11.3 Å². The Labute approximate surface area is 131 Å². The van der Waals surface area contributed by atoms with Gasteiger partial charge in [-0.3, -0.25) is 0 Å². The molecule has 2 heterocycles. The van der Waals surface area contributed by atoms with Crippen molar-refractivity contribution >= 4 is 22.9 Å². The Morgan fingerprint density at radius 1 is 0.913 bits per heavy atom. The molecule has 0 spiro atoms. The van der Waals surface area contributed by atoms with Crippen LogP contribution in [0.4, 0.5) is 11.8 Å². The number of rotatable bonds is 4. The lowest BCUT2D eigenvalue weighted by Gasteiger charge is -2.13. The van der Waals surface area contributed by atoms with Gasteiger partial charge in [-0.2, -0.15) is 9.97 Å². The second-order valence-electron chi connectivity index (χ2n) is 4.67. The number of nitrogens with one attached hydrogen (secondary N) is 1. The van der Waals surface area contributed by atoms with Crippen molar-refractivity contribution in [2.45, 2.75) is 0 Å². The highest BCUT2D eigenvalue weighted by Gasteiger charge is 2.17. The first-order valence-corrected chi connectivity index (χ1v) is 6.66. The molecule has 0 fully saturated rings. The van der Waals surface area contributed by atoms with Crippen LogP contribution in [0.5, 0.6) is 17.2 Å². The normalized spacial score (nSPS) is 10.7. The number of methoxy groups -OCH3 is 3. The van der Waals surface area contributed by atoms with Crippen molar-refractivity contribution in [2.24, 2.45) is 0 Å². The van der Waals surface area contributed by atoms with E-state index in [1.165, 1.54) is 0 Å². The topological polar surface area (TPSA) is 134 Å². The van der Waals surface area contributed by atoms with E-state index in [9.17, 15) is 0 Å². The van der Waals surface area contributed by atoms with Crippen LogP contribution in [0.15, 0.2) is 12.1 Å². The van der Waals surface area contributed by atoms with E-state index in [0.717, 1.165) is 5.56 Å². The van der Waals surface area contributed by atoms with Gasteiger partial charge in [0.25, 0.3) is 0 Å². The fourth-order valence-electron chi connectivity index (χ4n) is 2.29. The van der Waals surface area contributed by atoms with E-state index in [1.54, 1.807) is 33.5 Å². The smallest absolute Gasteiger partial charge is 0.224 e. The lowest BCUT2D eigenvalue weighted by molar-refractivity contribution is 0.324. The summed E-state index contributed by atoms with van der Waals surface area (Å²) in [7, 11) is 4.63. The molecule has 0 bridgehead atoms. The summed E-state index contributed by atoms with van der Waals surface area (Å²) in [6.45, 7) is 0. The molecule has 0 aliphatic carbocycles. The highest BCUT2D eigenvalue weighted by Crippen LogP contribution is 2.40. The number of H-pyrrole nitrogens is 1. The Kier molecular flexibility index (Phi) is 3.53. The molecule has 0 radical (unpaired) electrons. The highest BCUT2D eigenvalue weighted by molar-refractivity contribution is 5.85. The number of nitrogen functional groups attached to an aromatic ring is 2. The number of nitrogens with zero attached hydrogens (tertiary/aromatic N) is 3. The number of hydrogen-bond donors (Lipinski definition) is 3. The summed E-state index contributed by atoms with van der Waals surface area (Å²) in [5.41, 5.74) is 13.0. The monoisotopic (exact) mass is 316 g/mol. The summed E-state index contributed by atoms with van der Waals surface area (Å²) < 4.78 is 16.0. The first-order chi connectivity index (χ1) is 11.1. The maximum Gasteiger partial charge on any atom is 0.224 e. The van der Waals surface area contributed by atoms with Gasteiger partial charge in [0.2, 0.25) is 11.7 Å². The van der Waals surface area contributed by atoms with Gasteiger partial charge in [-0.25, -0.2) is 4.98 Å². The third-order valence-electron chi connectivity index (χ3n) is 3.33. The molecular weight excluding hydrogens is 300 g/mol. The summed E-state index contributed by atoms with van der Waals surface area (Å²) in [5.74, 6) is 2.36. The van der Waals surface area contributed by atoms with Crippen LogP contribution in [-0.2, 0) is 0 Å². The molecule has 0 unspecified atom stereocenters. The number of anilines is 2. The number of nitrogens with two attached hydrogens (primary N) is 2. The molecule has 0 aliphatic heterocycles. The molecule has 0 atom stereocenters. The van der Waals surface area contributed by atoms with E-state index in [-0.39, 0.29) is 11.8 Å². The summed E-state index contributed by atoms with van der Waals surface area (Å²) in [6, 6.07) is 3.54. The third kappa shape index (κ3) is 2.41. The minimum atomic E-state index is 0.0675. The Morgan fingerprint density at radius 2 is 1.57 bits per heavy atom. The second-order valence-corrected chi connectivity index (χ2v) is 4.67. The van der Waals surface area contributed by atoms with Crippen LogP contribution >= 0.6 is 0 Å². The molecule has 23 heavy (non-hydrogen) atoms. The number of hydrogen-bond acceptors (Lipinski definition) is 8. The lowest BCUT2D eigenvalue weighted by Crippen LogP contribution is -1.99. The minimum Gasteiger partial charge on any atom is -0.493 e. The van der Waals surface area contributed by atoms with E-state index < -0.39 is 0 Å². The fourth-order valence-corrected chi connectivity index (χ4v) is 2.29. The standard InChI is InChI=1S/C14H16N6O3/c1-21-7-4-6(5-8(22-2)10(7)23-3)12-17-9-11(15)18-14(16)20-13(9)19-12/h4-5H,1-3H3,(H5,15,16,17,18,19,20). The zero-order valence-corrected chi connectivity index (χ0v) is 12.9. The Morgan fingerprint density at radius 3 is 2.13 bits per heavy atom. The van der Waals surface area contributed by atoms with Gasteiger partial charge in [0.15, 0.2) is 23.0 Å². The molecule has 0 saturated carbocycles. The first kappa shape index (κ1) is 14.7. The molecule has 5 N–H and O–H groups in total. The molecule has 0 saturated heterocycles. The second kappa shape index (κ2) is 5.52. The zero-order chi connectivity index (χ0) is 16.6. The zero-order valence-electron chi connectivity index (χ0n) is 12.9. The average molecular weight is 316 g/mol. The van der Waals surface area contributed by atoms with Crippen LogP contribution < -0.4 is 25.7 Å². The van der Waals surface area contributed by atoms with E-state index >= 15 is 0 Å². The predicted octanol–water partition coefficient (Wildman–Crippen LogP) is 1.21. The molecule has 2 aromatic heterocycles. The number of ether oxygens (including phenoxy) is 3. The van der Waals surface area contributed by atoms with Crippen LogP contribution in [0.25, 0.3) is 22.6 Å². The molecule has 1 aromatic carbocycles. The number of aromatic nitrogens is 4. The van der Waals surface area contributed by atoms with Crippen molar-refractivity contribution in [1.82, 2.24) is 19.9 Å². The maximum atomic E-state index is 5.83. The summed E-state index contributed by atoms with van der Waals surface area (Å²) >= 11 is 0. The van der Waals surface area contributed by atoms with Crippen LogP contribution in [0.2, 0.25) is 0 Å². The molecule has 120 valence electrons.